The van der Waals surface area contributed by atoms with Crippen molar-refractivity contribution in [1.82, 2.24) is 10.2 Å². The average Bonchev–Trinajstić information content (AvgIpc) is 3.12. The minimum Gasteiger partial charge on any atom is -0.321 e. The van der Waals surface area contributed by atoms with Crippen molar-refractivity contribution in [1.29, 1.82) is 0 Å². The Labute approximate surface area is 118 Å². The van der Waals surface area contributed by atoms with E-state index in [0.717, 1.165) is 4.90 Å². The summed E-state index contributed by atoms with van der Waals surface area (Å²) in [7, 11) is 0. The molecule has 1 aromatic rings. The van der Waals surface area contributed by atoms with Crippen LogP contribution < -0.4 is 5.32 Å². The zero-order valence-corrected chi connectivity index (χ0v) is 11.1. The standard InChI is InChI=1S/C14H14F4N2O/c15-10-4-2-1-3-9(10)11-19-13(5-6-13)12(21)20(11)8-7-14(16,17)18/h1-4,11,19H,5-8H2. The van der Waals surface area contributed by atoms with Crippen LogP contribution in [0.2, 0.25) is 0 Å². The molecular weight excluding hydrogens is 288 g/mol. The first-order chi connectivity index (χ1) is 9.82. The summed E-state index contributed by atoms with van der Waals surface area (Å²) in [6, 6.07) is 5.83. The van der Waals surface area contributed by atoms with Gasteiger partial charge < -0.3 is 4.90 Å². The summed E-state index contributed by atoms with van der Waals surface area (Å²) in [4.78, 5) is 13.4. The fourth-order valence-corrected chi connectivity index (χ4v) is 2.70. The second kappa shape index (κ2) is 4.69. The van der Waals surface area contributed by atoms with Crippen LogP contribution in [-0.2, 0) is 4.79 Å². The van der Waals surface area contributed by atoms with Crippen LogP contribution in [0.25, 0.3) is 0 Å². The molecule has 21 heavy (non-hydrogen) atoms. The molecule has 1 amide bonds. The molecule has 2 aliphatic rings. The molecule has 1 aliphatic carbocycles. The zero-order valence-electron chi connectivity index (χ0n) is 11.1. The van der Waals surface area contributed by atoms with Gasteiger partial charge in [-0.15, -0.1) is 0 Å². The monoisotopic (exact) mass is 302 g/mol. The number of benzene rings is 1. The third-order valence-corrected chi connectivity index (χ3v) is 3.98. The molecular formula is C14H14F4N2O. The van der Waals surface area contributed by atoms with Crippen LogP contribution in [0.5, 0.6) is 0 Å². The van der Waals surface area contributed by atoms with E-state index in [0.29, 0.717) is 12.8 Å². The van der Waals surface area contributed by atoms with Crippen molar-refractivity contribution in [3.8, 4) is 0 Å². The van der Waals surface area contributed by atoms with Crippen LogP contribution in [-0.4, -0.2) is 29.1 Å². The molecule has 1 unspecified atom stereocenters. The molecule has 1 aromatic carbocycles. The van der Waals surface area contributed by atoms with Crippen molar-refractivity contribution in [2.45, 2.75) is 37.1 Å². The van der Waals surface area contributed by atoms with E-state index >= 15 is 0 Å². The van der Waals surface area contributed by atoms with Gasteiger partial charge in [0.05, 0.1) is 6.42 Å². The minimum absolute atomic E-state index is 0.205. The van der Waals surface area contributed by atoms with E-state index in [1.807, 2.05) is 0 Å². The fraction of sp³-hybridized carbons (Fsp3) is 0.500. The number of alkyl halides is 3. The van der Waals surface area contributed by atoms with Gasteiger partial charge in [0.15, 0.2) is 0 Å². The summed E-state index contributed by atoms with van der Waals surface area (Å²) in [5.41, 5.74) is -0.574. The quantitative estimate of drug-likeness (QED) is 0.871. The van der Waals surface area contributed by atoms with Gasteiger partial charge in [0.1, 0.15) is 17.5 Å². The number of amides is 1. The Morgan fingerprint density at radius 1 is 1.29 bits per heavy atom. The number of carbonyl (C=O) groups is 1. The number of rotatable bonds is 3. The molecule has 0 radical (unpaired) electrons. The lowest BCUT2D eigenvalue weighted by molar-refractivity contribution is -0.145. The lowest BCUT2D eigenvalue weighted by Gasteiger charge is -2.25. The Bertz CT molecular complexity index is 568. The fourth-order valence-electron chi connectivity index (χ4n) is 2.70. The van der Waals surface area contributed by atoms with Gasteiger partial charge in [-0.2, -0.15) is 13.2 Å². The number of hydrogen-bond donors (Lipinski definition) is 1. The van der Waals surface area contributed by atoms with Crippen LogP contribution >= 0.6 is 0 Å². The van der Waals surface area contributed by atoms with E-state index in [-0.39, 0.29) is 11.5 Å². The second-order valence-corrected chi connectivity index (χ2v) is 5.51. The van der Waals surface area contributed by atoms with Crippen LogP contribution in [0, 0.1) is 5.82 Å². The Morgan fingerprint density at radius 2 is 1.95 bits per heavy atom. The molecule has 1 aliphatic heterocycles. The van der Waals surface area contributed by atoms with E-state index in [1.54, 1.807) is 6.07 Å². The van der Waals surface area contributed by atoms with Gasteiger partial charge in [-0.1, -0.05) is 18.2 Å². The van der Waals surface area contributed by atoms with Crippen LogP contribution in [0.3, 0.4) is 0 Å². The third kappa shape index (κ3) is 2.62. The zero-order chi connectivity index (χ0) is 15.3. The average molecular weight is 302 g/mol. The summed E-state index contributed by atoms with van der Waals surface area (Å²) in [5, 5.41) is 3.00. The van der Waals surface area contributed by atoms with Gasteiger partial charge in [0, 0.05) is 12.1 Å². The van der Waals surface area contributed by atoms with Crippen LogP contribution in [0.4, 0.5) is 17.6 Å². The number of halogens is 4. The first-order valence-electron chi connectivity index (χ1n) is 6.72. The summed E-state index contributed by atoms with van der Waals surface area (Å²) < 4.78 is 51.2. The minimum atomic E-state index is -4.35. The molecule has 3 rings (SSSR count). The topological polar surface area (TPSA) is 32.3 Å². The van der Waals surface area contributed by atoms with Crippen LogP contribution in [0.1, 0.15) is 31.0 Å². The molecule has 114 valence electrons. The Balaban J connectivity index is 1.87. The van der Waals surface area contributed by atoms with Gasteiger partial charge in [-0.3, -0.25) is 10.1 Å². The number of nitrogens with one attached hydrogen (secondary N) is 1. The van der Waals surface area contributed by atoms with E-state index in [2.05, 4.69) is 5.32 Å². The lowest BCUT2D eigenvalue weighted by Crippen LogP contribution is -2.34. The molecule has 0 bridgehead atoms. The molecule has 2 fully saturated rings. The number of hydrogen-bond acceptors (Lipinski definition) is 2. The Hall–Kier alpha value is -1.63. The summed E-state index contributed by atoms with van der Waals surface area (Å²) >= 11 is 0. The van der Waals surface area contributed by atoms with Crippen molar-refractivity contribution in [2.75, 3.05) is 6.54 Å². The maximum absolute atomic E-state index is 13.9. The van der Waals surface area contributed by atoms with Crippen LogP contribution in [0.15, 0.2) is 24.3 Å². The van der Waals surface area contributed by atoms with E-state index in [1.165, 1.54) is 18.2 Å². The largest absolute Gasteiger partial charge is 0.390 e. The lowest BCUT2D eigenvalue weighted by atomic mass is 10.1. The molecule has 0 aromatic heterocycles. The highest BCUT2D eigenvalue weighted by Crippen LogP contribution is 2.46. The van der Waals surface area contributed by atoms with Gasteiger partial charge >= 0.3 is 6.18 Å². The van der Waals surface area contributed by atoms with Gasteiger partial charge in [-0.05, 0) is 18.9 Å². The Morgan fingerprint density at radius 3 is 2.52 bits per heavy atom. The molecule has 3 nitrogen and oxygen atoms in total. The van der Waals surface area contributed by atoms with Gasteiger partial charge in [0.25, 0.3) is 0 Å². The van der Waals surface area contributed by atoms with Crippen molar-refractivity contribution >= 4 is 5.91 Å². The third-order valence-electron chi connectivity index (χ3n) is 3.98. The van der Waals surface area contributed by atoms with Crippen molar-refractivity contribution in [3.05, 3.63) is 35.6 Å². The number of nitrogens with zero attached hydrogens (tertiary/aromatic N) is 1. The Kier molecular flexibility index (Phi) is 3.20. The summed E-state index contributed by atoms with van der Waals surface area (Å²) in [5.74, 6) is -0.891. The number of carbonyl (C=O) groups excluding carboxylic acids is 1. The SMILES string of the molecule is O=C1N(CCC(F)(F)F)C(c2ccccc2F)NC12CC2. The maximum atomic E-state index is 13.9. The molecule has 1 atom stereocenters. The maximum Gasteiger partial charge on any atom is 0.390 e. The summed E-state index contributed by atoms with van der Waals surface area (Å²) in [6.07, 6.45) is -5.11. The van der Waals surface area contributed by atoms with Gasteiger partial charge in [-0.25, -0.2) is 4.39 Å². The van der Waals surface area contributed by atoms with E-state index < -0.39 is 36.7 Å². The molecule has 1 heterocycles. The predicted octanol–water partition coefficient (Wildman–Crippen LogP) is 2.74. The van der Waals surface area contributed by atoms with Crippen molar-refractivity contribution in [2.24, 2.45) is 0 Å². The van der Waals surface area contributed by atoms with Crippen molar-refractivity contribution < 1.29 is 22.4 Å². The normalized spacial score (nSPS) is 23.9. The van der Waals surface area contributed by atoms with E-state index in [4.69, 9.17) is 0 Å². The van der Waals surface area contributed by atoms with Gasteiger partial charge in [0.2, 0.25) is 5.91 Å². The first-order valence-corrected chi connectivity index (χ1v) is 6.72. The molecule has 1 N–H and O–H groups in total. The smallest absolute Gasteiger partial charge is 0.321 e. The predicted molar refractivity (Wildman–Crippen MR) is 66.6 cm³/mol. The summed E-state index contributed by atoms with van der Waals surface area (Å²) in [6.45, 7) is -0.462. The second-order valence-electron chi connectivity index (χ2n) is 5.51. The molecule has 1 saturated heterocycles. The van der Waals surface area contributed by atoms with E-state index in [9.17, 15) is 22.4 Å². The highest BCUT2D eigenvalue weighted by molar-refractivity contribution is 5.92. The van der Waals surface area contributed by atoms with Crippen molar-refractivity contribution in [3.63, 3.8) is 0 Å². The molecule has 7 heteroatoms. The molecule has 1 spiro atoms. The molecule has 1 saturated carbocycles. The highest BCUT2D eigenvalue weighted by Gasteiger charge is 2.59. The highest BCUT2D eigenvalue weighted by atomic mass is 19.4. The first kappa shape index (κ1) is 14.3.